The third kappa shape index (κ3) is 3.94. The number of hydrogen-bond acceptors (Lipinski definition) is 7. The number of aromatic nitrogens is 1. The molecule has 8 nitrogen and oxygen atoms in total. The van der Waals surface area contributed by atoms with Gasteiger partial charge in [0.15, 0.2) is 0 Å². The highest BCUT2D eigenvalue weighted by Gasteiger charge is 2.53. The number of nitrogens with one attached hydrogen (secondary N) is 1. The summed E-state index contributed by atoms with van der Waals surface area (Å²) in [6.07, 6.45) is 0.534. The molecular formula is C19H28FN5O3S. The third-order valence-corrected chi connectivity index (χ3v) is 8.51. The van der Waals surface area contributed by atoms with E-state index in [1.165, 1.54) is 12.1 Å². The molecule has 2 aliphatic heterocycles. The zero-order chi connectivity index (χ0) is 21.7. The molecule has 0 fully saturated rings. The van der Waals surface area contributed by atoms with E-state index in [0.717, 1.165) is 0 Å². The van der Waals surface area contributed by atoms with Gasteiger partial charge >= 0.3 is 6.09 Å². The highest BCUT2D eigenvalue weighted by atomic mass is 32.2. The molecule has 0 saturated carbocycles. The van der Waals surface area contributed by atoms with Crippen LogP contribution in [0.2, 0.25) is 0 Å². The van der Waals surface area contributed by atoms with Crippen molar-refractivity contribution in [3.63, 3.8) is 0 Å². The first-order valence-electron chi connectivity index (χ1n) is 9.51. The lowest BCUT2D eigenvalue weighted by Crippen LogP contribution is -2.60. The number of ether oxygens (including phenoxy) is 1. The molecule has 0 spiro atoms. The van der Waals surface area contributed by atoms with Gasteiger partial charge in [0.05, 0.1) is 15.5 Å². The van der Waals surface area contributed by atoms with Crippen molar-refractivity contribution in [2.75, 3.05) is 18.0 Å². The lowest BCUT2D eigenvalue weighted by molar-refractivity contribution is 0.0560. The number of rotatable bonds is 1. The lowest BCUT2D eigenvalue weighted by Gasteiger charge is -2.44. The number of alkyl carbamates (subject to hydrolysis) is 1. The van der Waals surface area contributed by atoms with Crippen LogP contribution in [0.15, 0.2) is 21.5 Å². The van der Waals surface area contributed by atoms with Crippen molar-refractivity contribution in [3.8, 4) is 0 Å². The summed E-state index contributed by atoms with van der Waals surface area (Å²) in [5, 5.41) is 2.67. The first-order valence-corrected chi connectivity index (χ1v) is 11.2. The number of halogens is 1. The number of aliphatic imine (C=N–C) groups is 1. The van der Waals surface area contributed by atoms with Gasteiger partial charge in [0.2, 0.25) is 0 Å². The molecule has 1 aromatic rings. The molecule has 2 aliphatic rings. The number of nitrogens with zero attached hydrogens (tertiary/aromatic N) is 3. The van der Waals surface area contributed by atoms with Crippen LogP contribution < -0.4 is 11.1 Å². The zero-order valence-electron chi connectivity index (χ0n) is 17.4. The number of nitrogens with two attached hydrogens (primary N) is 1. The molecule has 0 aliphatic carbocycles. The summed E-state index contributed by atoms with van der Waals surface area (Å²) < 4.78 is 37.4. The Hall–Kier alpha value is -2.23. The Bertz CT molecular complexity index is 996. The maximum atomic E-state index is 14.6. The Kier molecular flexibility index (Phi) is 5.13. The number of fused-ring (bicyclic) bond motifs is 1. The third-order valence-electron chi connectivity index (χ3n) is 5.15. The number of pyridine rings is 1. The van der Waals surface area contributed by atoms with E-state index in [9.17, 15) is 13.4 Å². The molecule has 0 radical (unpaired) electrons. The average Bonchev–Trinajstić information content (AvgIpc) is 2.56. The van der Waals surface area contributed by atoms with E-state index < -0.39 is 37.5 Å². The van der Waals surface area contributed by atoms with Gasteiger partial charge in [0.1, 0.15) is 39.1 Å². The molecule has 3 heterocycles. The lowest BCUT2D eigenvalue weighted by atomic mass is 9.96. The van der Waals surface area contributed by atoms with Crippen LogP contribution in [0, 0.1) is 5.82 Å². The van der Waals surface area contributed by atoms with E-state index in [0.29, 0.717) is 19.4 Å². The first kappa shape index (κ1) is 21.5. The Morgan fingerprint density at radius 2 is 2.03 bits per heavy atom. The van der Waals surface area contributed by atoms with Crippen molar-refractivity contribution < 1.29 is 18.1 Å². The molecule has 0 bridgehead atoms. The molecule has 29 heavy (non-hydrogen) atoms. The summed E-state index contributed by atoms with van der Waals surface area (Å²) >= 11 is 0. The number of carbonyl (C=O) groups excluding carboxylic acids is 1. The van der Waals surface area contributed by atoms with Gasteiger partial charge in [-0.3, -0.25) is 10.3 Å². The van der Waals surface area contributed by atoms with Crippen LogP contribution in [0.3, 0.4) is 0 Å². The maximum absolute atomic E-state index is 14.6. The molecule has 1 amide bonds. The summed E-state index contributed by atoms with van der Waals surface area (Å²) in [5.41, 5.74) is 3.71. The second-order valence-corrected chi connectivity index (χ2v) is 11.6. The number of amides is 1. The van der Waals surface area contributed by atoms with Gasteiger partial charge < -0.3 is 10.5 Å². The molecular weight excluding hydrogens is 397 g/mol. The Morgan fingerprint density at radius 3 is 2.69 bits per heavy atom. The maximum Gasteiger partial charge on any atom is 0.413 e. The second kappa shape index (κ2) is 6.93. The van der Waals surface area contributed by atoms with Gasteiger partial charge in [-0.1, -0.05) is 0 Å². The van der Waals surface area contributed by atoms with E-state index in [4.69, 9.17) is 10.5 Å². The molecule has 10 heteroatoms. The van der Waals surface area contributed by atoms with Crippen LogP contribution in [0.4, 0.5) is 15.0 Å². The zero-order valence-corrected chi connectivity index (χ0v) is 18.2. The standard InChI is InChI=1S/C19H28FN5O3S/c1-17(2,3)28-16(26)24-15-19(5)9-6-10-22-29(19,27)11-18(4,25-15)14-12(20)7-8-13(21)23-14/h7-8H,6,9-11H2,1-5H3,(H2,21,23)(H,24,25,26)/t18-,19+,29?/m0/s1. The van der Waals surface area contributed by atoms with Crippen molar-refractivity contribution >= 4 is 27.5 Å². The van der Waals surface area contributed by atoms with E-state index >= 15 is 0 Å². The van der Waals surface area contributed by atoms with Crippen LogP contribution in [-0.2, 0) is 20.0 Å². The number of nitrogen functional groups attached to an aromatic ring is 1. The normalized spacial score (nSPS) is 31.9. The van der Waals surface area contributed by atoms with Gasteiger partial charge in [-0.15, -0.1) is 0 Å². The van der Waals surface area contributed by atoms with Crippen LogP contribution in [-0.4, -0.2) is 43.8 Å². The molecule has 160 valence electrons. The molecule has 1 aromatic heterocycles. The minimum atomic E-state index is -2.88. The van der Waals surface area contributed by atoms with Gasteiger partial charge in [0.25, 0.3) is 0 Å². The van der Waals surface area contributed by atoms with Crippen LogP contribution >= 0.6 is 0 Å². The molecule has 0 saturated heterocycles. The summed E-state index contributed by atoms with van der Waals surface area (Å²) in [5.74, 6) is -0.311. The Balaban J connectivity index is 2.15. The van der Waals surface area contributed by atoms with Gasteiger partial charge in [-0.2, -0.15) is 0 Å². The molecule has 0 aromatic carbocycles. The largest absolute Gasteiger partial charge is 0.444 e. The van der Waals surface area contributed by atoms with Gasteiger partial charge in [-0.25, -0.2) is 22.7 Å². The van der Waals surface area contributed by atoms with Crippen molar-refractivity contribution in [1.29, 1.82) is 0 Å². The number of anilines is 1. The number of amidine groups is 1. The highest BCUT2D eigenvalue weighted by Crippen LogP contribution is 2.42. The molecule has 3 N–H and O–H groups in total. The predicted octanol–water partition coefficient (Wildman–Crippen LogP) is 2.98. The molecule has 3 rings (SSSR count). The fourth-order valence-electron chi connectivity index (χ4n) is 3.70. The van der Waals surface area contributed by atoms with E-state index in [1.807, 2.05) is 0 Å². The Morgan fingerprint density at radius 1 is 1.34 bits per heavy atom. The Labute approximate surface area is 170 Å². The van der Waals surface area contributed by atoms with Gasteiger partial charge in [-0.05, 0) is 59.6 Å². The number of hydrogen-bond donors (Lipinski definition) is 2. The smallest absolute Gasteiger partial charge is 0.413 e. The van der Waals surface area contributed by atoms with Crippen LogP contribution in [0.5, 0.6) is 0 Å². The summed E-state index contributed by atoms with van der Waals surface area (Å²) in [4.78, 5) is 21.3. The van der Waals surface area contributed by atoms with Crippen molar-refractivity contribution in [2.45, 2.75) is 63.3 Å². The monoisotopic (exact) mass is 425 g/mol. The van der Waals surface area contributed by atoms with E-state index in [-0.39, 0.29) is 23.1 Å². The summed E-state index contributed by atoms with van der Waals surface area (Å²) in [6.45, 7) is 9.07. The molecule has 1 unspecified atom stereocenters. The fraction of sp³-hybridized carbons (Fsp3) is 0.632. The first-order chi connectivity index (χ1) is 13.3. The number of carbonyl (C=O) groups is 1. The van der Waals surface area contributed by atoms with Crippen molar-refractivity contribution in [3.05, 3.63) is 23.6 Å². The summed E-state index contributed by atoms with van der Waals surface area (Å²) in [6, 6.07) is 2.56. The minimum Gasteiger partial charge on any atom is -0.444 e. The SMILES string of the molecule is CC(C)(C)OC(=O)NC1=N[C@](C)(c2nc(N)ccc2F)CS2(=O)=NCCC[C@]12C. The minimum absolute atomic E-state index is 0.0105. The van der Waals surface area contributed by atoms with E-state index in [2.05, 4.69) is 19.7 Å². The highest BCUT2D eigenvalue weighted by molar-refractivity contribution is 7.95. The summed E-state index contributed by atoms with van der Waals surface area (Å²) in [7, 11) is -2.88. The average molecular weight is 426 g/mol. The van der Waals surface area contributed by atoms with Crippen LogP contribution in [0.1, 0.15) is 53.2 Å². The topological polar surface area (TPSA) is 119 Å². The quantitative estimate of drug-likeness (QED) is 0.717. The van der Waals surface area contributed by atoms with Gasteiger partial charge in [0, 0.05) is 6.54 Å². The fourth-order valence-corrected chi connectivity index (χ4v) is 6.64. The van der Waals surface area contributed by atoms with Crippen molar-refractivity contribution in [1.82, 2.24) is 10.3 Å². The second-order valence-electron chi connectivity index (χ2n) is 8.90. The molecule has 3 atom stereocenters. The van der Waals surface area contributed by atoms with Crippen molar-refractivity contribution in [2.24, 2.45) is 9.36 Å². The van der Waals surface area contributed by atoms with Crippen LogP contribution in [0.25, 0.3) is 0 Å². The predicted molar refractivity (Wildman–Crippen MR) is 111 cm³/mol. The van der Waals surface area contributed by atoms with E-state index in [1.54, 1.807) is 34.6 Å².